The molecular formula is C18H15NO4. The summed E-state index contributed by atoms with van der Waals surface area (Å²) in [5.74, 6) is -0.0765. The molecular weight excluding hydrogens is 294 g/mol. The molecule has 0 unspecified atom stereocenters. The highest BCUT2D eigenvalue weighted by Gasteiger charge is 2.13. The van der Waals surface area contributed by atoms with Crippen LogP contribution in [-0.2, 0) is 4.79 Å². The topological polar surface area (TPSA) is 68.5 Å². The van der Waals surface area contributed by atoms with Gasteiger partial charge in [-0.15, -0.1) is 0 Å². The summed E-state index contributed by atoms with van der Waals surface area (Å²) in [7, 11) is 0. The van der Waals surface area contributed by atoms with E-state index in [0.29, 0.717) is 17.0 Å². The fourth-order valence-electron chi connectivity index (χ4n) is 2.13. The average Bonchev–Trinajstić information content (AvgIpc) is 2.99. The number of para-hydroxylation sites is 1. The predicted molar refractivity (Wildman–Crippen MR) is 86.5 cm³/mol. The monoisotopic (exact) mass is 309 g/mol. The van der Waals surface area contributed by atoms with E-state index in [2.05, 4.69) is 5.32 Å². The Hall–Kier alpha value is -3.08. The number of fused-ring (bicyclic) bond motifs is 1. The second-order valence-electron chi connectivity index (χ2n) is 4.96. The summed E-state index contributed by atoms with van der Waals surface area (Å²) in [6.07, 6.45) is 0.287. The van der Waals surface area contributed by atoms with Crippen LogP contribution in [0.4, 0.5) is 5.69 Å². The van der Waals surface area contributed by atoms with Gasteiger partial charge in [-0.05, 0) is 24.3 Å². The standard InChI is InChI=1S/C18H15NO4/c1-2-17(20)22-14-8-5-7-13(11-14)19-18(21)16-10-12-6-3-4-9-15(12)23-16/h3-11H,2H2,1H3,(H,19,21). The molecule has 1 N–H and O–H groups in total. The third kappa shape index (κ3) is 3.40. The fraction of sp³-hybridized carbons (Fsp3) is 0.111. The quantitative estimate of drug-likeness (QED) is 0.584. The average molecular weight is 309 g/mol. The first kappa shape index (κ1) is 14.8. The molecule has 116 valence electrons. The Bertz CT molecular complexity index is 833. The SMILES string of the molecule is CCC(=O)Oc1cccc(NC(=O)c2cc3ccccc3o2)c1. The summed E-state index contributed by atoms with van der Waals surface area (Å²) < 4.78 is 10.6. The Labute approximate surface area is 132 Å². The number of hydrogen-bond donors (Lipinski definition) is 1. The molecule has 23 heavy (non-hydrogen) atoms. The van der Waals surface area contributed by atoms with E-state index < -0.39 is 0 Å². The van der Waals surface area contributed by atoms with Gasteiger partial charge in [0.1, 0.15) is 11.3 Å². The zero-order valence-electron chi connectivity index (χ0n) is 12.5. The van der Waals surface area contributed by atoms with E-state index >= 15 is 0 Å². The number of hydrogen-bond acceptors (Lipinski definition) is 4. The number of esters is 1. The molecule has 1 amide bonds. The molecule has 5 nitrogen and oxygen atoms in total. The first-order chi connectivity index (χ1) is 11.2. The third-order valence-corrected chi connectivity index (χ3v) is 3.26. The van der Waals surface area contributed by atoms with Gasteiger partial charge in [-0.3, -0.25) is 9.59 Å². The van der Waals surface area contributed by atoms with Gasteiger partial charge < -0.3 is 14.5 Å². The van der Waals surface area contributed by atoms with Gasteiger partial charge in [0.25, 0.3) is 5.91 Å². The van der Waals surface area contributed by atoms with Crippen molar-refractivity contribution in [3.8, 4) is 5.75 Å². The maximum absolute atomic E-state index is 12.3. The summed E-state index contributed by atoms with van der Waals surface area (Å²) >= 11 is 0. The number of nitrogens with one attached hydrogen (secondary N) is 1. The van der Waals surface area contributed by atoms with E-state index in [-0.39, 0.29) is 24.1 Å². The second kappa shape index (κ2) is 6.36. The van der Waals surface area contributed by atoms with Crippen LogP contribution in [0.1, 0.15) is 23.9 Å². The smallest absolute Gasteiger partial charge is 0.310 e. The second-order valence-corrected chi connectivity index (χ2v) is 4.96. The molecule has 3 rings (SSSR count). The van der Waals surface area contributed by atoms with Crippen LogP contribution in [0.2, 0.25) is 0 Å². The number of amides is 1. The highest BCUT2D eigenvalue weighted by Crippen LogP contribution is 2.22. The first-order valence-corrected chi connectivity index (χ1v) is 7.26. The molecule has 0 spiro atoms. The zero-order chi connectivity index (χ0) is 16.2. The van der Waals surface area contributed by atoms with E-state index in [1.54, 1.807) is 43.3 Å². The minimum absolute atomic E-state index is 0.224. The van der Waals surface area contributed by atoms with Crippen LogP contribution in [0.25, 0.3) is 11.0 Å². The summed E-state index contributed by atoms with van der Waals surface area (Å²) in [5, 5.41) is 3.59. The highest BCUT2D eigenvalue weighted by molar-refractivity contribution is 6.04. The molecule has 0 fully saturated rings. The Morgan fingerprint density at radius 1 is 1.09 bits per heavy atom. The normalized spacial score (nSPS) is 10.5. The molecule has 0 aliphatic heterocycles. The Morgan fingerprint density at radius 2 is 1.91 bits per heavy atom. The van der Waals surface area contributed by atoms with Crippen LogP contribution in [0.15, 0.2) is 59.0 Å². The molecule has 5 heteroatoms. The first-order valence-electron chi connectivity index (χ1n) is 7.26. The largest absolute Gasteiger partial charge is 0.451 e. The van der Waals surface area contributed by atoms with Crippen LogP contribution in [0, 0.1) is 0 Å². The van der Waals surface area contributed by atoms with Crippen LogP contribution in [0.3, 0.4) is 0 Å². The number of anilines is 1. The van der Waals surface area contributed by atoms with Crippen molar-refractivity contribution in [3.05, 3.63) is 60.4 Å². The van der Waals surface area contributed by atoms with Crippen molar-refractivity contribution in [3.63, 3.8) is 0 Å². The summed E-state index contributed by atoms with van der Waals surface area (Å²) in [5.41, 5.74) is 1.18. The van der Waals surface area contributed by atoms with Gasteiger partial charge in [-0.25, -0.2) is 0 Å². The molecule has 2 aromatic carbocycles. The molecule has 1 heterocycles. The number of carbonyl (C=O) groups is 2. The van der Waals surface area contributed by atoms with Crippen LogP contribution >= 0.6 is 0 Å². The van der Waals surface area contributed by atoms with Crippen molar-refractivity contribution in [1.82, 2.24) is 0 Å². The van der Waals surface area contributed by atoms with E-state index in [9.17, 15) is 9.59 Å². The van der Waals surface area contributed by atoms with E-state index in [4.69, 9.17) is 9.15 Å². The lowest BCUT2D eigenvalue weighted by molar-refractivity contribution is -0.134. The van der Waals surface area contributed by atoms with Crippen molar-refractivity contribution in [1.29, 1.82) is 0 Å². The van der Waals surface area contributed by atoms with Crippen LogP contribution in [0.5, 0.6) is 5.75 Å². The molecule has 1 aromatic heterocycles. The fourth-order valence-corrected chi connectivity index (χ4v) is 2.13. The van der Waals surface area contributed by atoms with Gasteiger partial charge in [-0.2, -0.15) is 0 Å². The number of carbonyl (C=O) groups excluding carboxylic acids is 2. The van der Waals surface area contributed by atoms with Crippen molar-refractivity contribution in [2.24, 2.45) is 0 Å². The molecule has 0 saturated heterocycles. The van der Waals surface area contributed by atoms with Gasteiger partial charge in [0, 0.05) is 23.6 Å². The molecule has 0 saturated carbocycles. The van der Waals surface area contributed by atoms with Crippen molar-refractivity contribution >= 4 is 28.5 Å². The van der Waals surface area contributed by atoms with Crippen LogP contribution in [-0.4, -0.2) is 11.9 Å². The minimum atomic E-state index is -0.361. The lowest BCUT2D eigenvalue weighted by Crippen LogP contribution is -2.11. The number of furan rings is 1. The van der Waals surface area contributed by atoms with Crippen molar-refractivity contribution in [2.75, 3.05) is 5.32 Å². The van der Waals surface area contributed by atoms with E-state index in [0.717, 1.165) is 5.39 Å². The Kier molecular flexibility index (Phi) is 4.10. The van der Waals surface area contributed by atoms with Crippen molar-refractivity contribution < 1.29 is 18.7 Å². The molecule has 0 atom stereocenters. The van der Waals surface area contributed by atoms with E-state index in [1.807, 2.05) is 18.2 Å². The predicted octanol–water partition coefficient (Wildman–Crippen LogP) is 4.00. The van der Waals surface area contributed by atoms with Gasteiger partial charge in [0.2, 0.25) is 0 Å². The lowest BCUT2D eigenvalue weighted by Gasteiger charge is -2.06. The highest BCUT2D eigenvalue weighted by atomic mass is 16.5. The van der Waals surface area contributed by atoms with Gasteiger partial charge in [0.15, 0.2) is 5.76 Å². The minimum Gasteiger partial charge on any atom is -0.451 e. The zero-order valence-corrected chi connectivity index (χ0v) is 12.5. The van der Waals surface area contributed by atoms with Gasteiger partial charge in [0.05, 0.1) is 0 Å². The molecule has 0 radical (unpaired) electrons. The molecule has 0 aliphatic rings. The lowest BCUT2D eigenvalue weighted by atomic mass is 10.2. The summed E-state index contributed by atoms with van der Waals surface area (Å²) in [6.45, 7) is 1.72. The molecule has 0 bridgehead atoms. The maximum atomic E-state index is 12.3. The maximum Gasteiger partial charge on any atom is 0.310 e. The molecule has 3 aromatic rings. The third-order valence-electron chi connectivity index (χ3n) is 3.26. The van der Waals surface area contributed by atoms with Gasteiger partial charge >= 0.3 is 5.97 Å². The summed E-state index contributed by atoms with van der Waals surface area (Å²) in [4.78, 5) is 23.6. The number of benzene rings is 2. The van der Waals surface area contributed by atoms with Crippen molar-refractivity contribution in [2.45, 2.75) is 13.3 Å². The number of rotatable bonds is 4. The molecule has 0 aliphatic carbocycles. The van der Waals surface area contributed by atoms with Gasteiger partial charge in [-0.1, -0.05) is 31.2 Å². The number of ether oxygens (including phenoxy) is 1. The van der Waals surface area contributed by atoms with Crippen LogP contribution < -0.4 is 10.1 Å². The summed E-state index contributed by atoms with van der Waals surface area (Å²) in [6, 6.07) is 15.8. The Morgan fingerprint density at radius 3 is 2.70 bits per heavy atom. The van der Waals surface area contributed by atoms with E-state index in [1.165, 1.54) is 0 Å². The Balaban J connectivity index is 1.77.